The summed E-state index contributed by atoms with van der Waals surface area (Å²) in [5.74, 6) is 1.10. The number of likely N-dealkylation sites (tertiary alicyclic amines) is 1. The molecule has 1 spiro atoms. The normalized spacial score (nSPS) is 18.9. The van der Waals surface area contributed by atoms with Gasteiger partial charge in [-0.1, -0.05) is 44.7 Å². The van der Waals surface area contributed by atoms with Gasteiger partial charge in [0, 0.05) is 31.0 Å². The first-order valence-electron chi connectivity index (χ1n) is 10.8. The van der Waals surface area contributed by atoms with Crippen LogP contribution in [0.2, 0.25) is 5.02 Å². The van der Waals surface area contributed by atoms with Gasteiger partial charge in [0.2, 0.25) is 0 Å². The Morgan fingerprint density at radius 1 is 1.31 bits per heavy atom. The van der Waals surface area contributed by atoms with Gasteiger partial charge in [0.25, 0.3) is 0 Å². The van der Waals surface area contributed by atoms with E-state index in [-0.39, 0.29) is 11.9 Å². The number of ether oxygens (including phenoxy) is 2. The van der Waals surface area contributed by atoms with Gasteiger partial charge in [-0.3, -0.25) is 4.79 Å². The molecule has 5 nitrogen and oxygen atoms in total. The van der Waals surface area contributed by atoms with Crippen LogP contribution < -0.4 is 4.74 Å². The van der Waals surface area contributed by atoms with E-state index in [1.54, 1.807) is 11.0 Å². The molecule has 0 saturated carbocycles. The number of hydrogen-bond donors (Lipinski definition) is 0. The van der Waals surface area contributed by atoms with Crippen LogP contribution in [0.15, 0.2) is 12.1 Å². The number of nitrogens with zero attached hydrogens (tertiary/aromatic N) is 1. The number of amides is 1. The second-order valence-electron chi connectivity index (χ2n) is 8.46. The maximum atomic E-state index is 12.7. The summed E-state index contributed by atoms with van der Waals surface area (Å²) in [6.07, 6.45) is 5.78. The predicted molar refractivity (Wildman–Crippen MR) is 114 cm³/mol. The third-order valence-corrected chi connectivity index (χ3v) is 6.70. The molecule has 1 aromatic carbocycles. The van der Waals surface area contributed by atoms with E-state index in [0.29, 0.717) is 61.2 Å². The van der Waals surface area contributed by atoms with Crippen LogP contribution in [0, 0.1) is 12.8 Å². The van der Waals surface area contributed by atoms with Crippen LogP contribution in [-0.4, -0.2) is 42.1 Å². The van der Waals surface area contributed by atoms with Crippen molar-refractivity contribution >= 4 is 23.5 Å². The summed E-state index contributed by atoms with van der Waals surface area (Å²) in [7, 11) is 0. The lowest BCUT2D eigenvalue weighted by molar-refractivity contribution is -0.0106. The third kappa shape index (κ3) is 5.06. The Bertz CT molecular complexity index is 755. The van der Waals surface area contributed by atoms with Crippen molar-refractivity contribution in [1.82, 2.24) is 4.90 Å². The summed E-state index contributed by atoms with van der Waals surface area (Å²) in [5, 5.41) is 0.582. The molecule has 0 radical (unpaired) electrons. The van der Waals surface area contributed by atoms with E-state index in [1.807, 2.05) is 13.0 Å². The number of carbonyl (C=O) groups excluding carboxylic acids is 2. The Hall–Kier alpha value is -1.75. The monoisotopic (exact) mass is 421 g/mol. The lowest BCUT2D eigenvalue weighted by Gasteiger charge is -2.43. The highest BCUT2D eigenvalue weighted by atomic mass is 35.5. The molecule has 0 aliphatic carbocycles. The third-order valence-electron chi connectivity index (χ3n) is 6.29. The van der Waals surface area contributed by atoms with Crippen LogP contribution >= 0.6 is 11.6 Å². The molecule has 2 aliphatic heterocycles. The fraction of sp³-hybridized carbons (Fsp3) is 0.652. The van der Waals surface area contributed by atoms with E-state index in [4.69, 9.17) is 21.1 Å². The first kappa shape index (κ1) is 21.9. The molecule has 0 bridgehead atoms. The van der Waals surface area contributed by atoms with Gasteiger partial charge in [-0.15, -0.1) is 0 Å². The van der Waals surface area contributed by atoms with Gasteiger partial charge < -0.3 is 14.4 Å². The number of ketones is 1. The maximum Gasteiger partial charge on any atom is 0.409 e. The lowest BCUT2D eigenvalue weighted by Crippen LogP contribution is -2.52. The molecule has 160 valence electrons. The average molecular weight is 422 g/mol. The molecule has 0 N–H and O–H groups in total. The van der Waals surface area contributed by atoms with Crippen LogP contribution in [0.5, 0.6) is 5.75 Å². The summed E-state index contributed by atoms with van der Waals surface area (Å²) in [6.45, 7) is 7.79. The largest absolute Gasteiger partial charge is 0.486 e. The van der Waals surface area contributed by atoms with Crippen LogP contribution in [-0.2, 0) is 4.74 Å². The van der Waals surface area contributed by atoms with Gasteiger partial charge in [-0.2, -0.15) is 0 Å². The Labute approximate surface area is 178 Å². The number of Topliss-reactive ketones (excluding diaryl/α,β-unsaturated/α-hetero) is 1. The Morgan fingerprint density at radius 2 is 2.03 bits per heavy atom. The lowest BCUT2D eigenvalue weighted by atomic mass is 9.82. The SMILES string of the molecule is CCCCC(CC)COC(=O)N1CCC2(CC1)CC(=O)c1cc(Cl)c(C)cc1O2. The second kappa shape index (κ2) is 9.38. The van der Waals surface area contributed by atoms with Gasteiger partial charge in [0.05, 0.1) is 18.6 Å². The van der Waals surface area contributed by atoms with Crippen LogP contribution in [0.1, 0.15) is 74.7 Å². The van der Waals surface area contributed by atoms with E-state index in [1.165, 1.54) is 6.42 Å². The van der Waals surface area contributed by atoms with Gasteiger partial charge in [0.1, 0.15) is 11.4 Å². The molecule has 1 saturated heterocycles. The van der Waals surface area contributed by atoms with E-state index in [9.17, 15) is 9.59 Å². The zero-order valence-electron chi connectivity index (χ0n) is 17.8. The number of benzene rings is 1. The molecule has 3 rings (SSSR count). The van der Waals surface area contributed by atoms with Gasteiger partial charge in [-0.25, -0.2) is 4.79 Å². The Kier molecular flexibility index (Phi) is 7.10. The molecule has 1 aromatic rings. The molecular weight excluding hydrogens is 390 g/mol. The number of fused-ring (bicyclic) bond motifs is 1. The topological polar surface area (TPSA) is 55.8 Å². The fourth-order valence-corrected chi connectivity index (χ4v) is 4.33. The minimum atomic E-state index is -0.534. The van der Waals surface area contributed by atoms with E-state index in [0.717, 1.165) is 24.8 Å². The summed E-state index contributed by atoms with van der Waals surface area (Å²) in [5.41, 5.74) is 0.921. The van der Waals surface area contributed by atoms with Crippen molar-refractivity contribution in [3.63, 3.8) is 0 Å². The van der Waals surface area contributed by atoms with Crippen molar-refractivity contribution in [3.05, 3.63) is 28.3 Å². The zero-order valence-corrected chi connectivity index (χ0v) is 18.5. The molecule has 0 aromatic heterocycles. The first-order chi connectivity index (χ1) is 13.9. The average Bonchev–Trinajstić information content (AvgIpc) is 2.70. The first-order valence-corrected chi connectivity index (χ1v) is 11.2. The Morgan fingerprint density at radius 3 is 2.69 bits per heavy atom. The maximum absolute atomic E-state index is 12.7. The fourth-order valence-electron chi connectivity index (χ4n) is 4.17. The standard InChI is InChI=1S/C23H32ClNO4/c1-4-6-7-17(5-2)15-28-22(27)25-10-8-23(9-11-25)14-20(26)18-13-19(24)16(3)12-21(18)29-23/h12-13,17H,4-11,14-15H2,1-3H3. The highest BCUT2D eigenvalue weighted by molar-refractivity contribution is 6.31. The quantitative estimate of drug-likeness (QED) is 0.582. The second-order valence-corrected chi connectivity index (χ2v) is 8.87. The van der Waals surface area contributed by atoms with Crippen LogP contribution in [0.3, 0.4) is 0 Å². The molecule has 1 atom stereocenters. The molecule has 1 fully saturated rings. The molecule has 29 heavy (non-hydrogen) atoms. The number of unbranched alkanes of at least 4 members (excludes halogenated alkanes) is 1. The van der Waals surface area contributed by atoms with Crippen LogP contribution in [0.25, 0.3) is 0 Å². The van der Waals surface area contributed by atoms with E-state index < -0.39 is 5.60 Å². The van der Waals surface area contributed by atoms with Crippen molar-refractivity contribution in [2.75, 3.05) is 19.7 Å². The number of halogens is 1. The van der Waals surface area contributed by atoms with Crippen molar-refractivity contribution in [2.24, 2.45) is 5.92 Å². The van der Waals surface area contributed by atoms with Crippen LogP contribution in [0.4, 0.5) is 4.79 Å². The minimum absolute atomic E-state index is 0.0610. The molecule has 2 aliphatic rings. The van der Waals surface area contributed by atoms with Crippen molar-refractivity contribution in [2.45, 2.75) is 71.3 Å². The van der Waals surface area contributed by atoms with Crippen molar-refractivity contribution in [1.29, 1.82) is 0 Å². The number of rotatable bonds is 6. The van der Waals surface area contributed by atoms with Crippen molar-refractivity contribution in [3.8, 4) is 5.75 Å². The highest BCUT2D eigenvalue weighted by Gasteiger charge is 2.44. The molecule has 1 amide bonds. The van der Waals surface area contributed by atoms with Gasteiger partial charge >= 0.3 is 6.09 Å². The number of hydrogen-bond acceptors (Lipinski definition) is 4. The number of piperidine rings is 1. The molecule has 2 heterocycles. The number of aryl methyl sites for hydroxylation is 1. The molecular formula is C23H32ClNO4. The highest BCUT2D eigenvalue weighted by Crippen LogP contribution is 2.41. The summed E-state index contributed by atoms with van der Waals surface area (Å²) >= 11 is 6.17. The van der Waals surface area contributed by atoms with E-state index in [2.05, 4.69) is 13.8 Å². The minimum Gasteiger partial charge on any atom is -0.486 e. The summed E-state index contributed by atoms with van der Waals surface area (Å²) in [4.78, 5) is 26.9. The summed E-state index contributed by atoms with van der Waals surface area (Å²) in [6, 6.07) is 3.55. The van der Waals surface area contributed by atoms with Crippen molar-refractivity contribution < 1.29 is 19.1 Å². The summed E-state index contributed by atoms with van der Waals surface area (Å²) < 4.78 is 11.9. The smallest absolute Gasteiger partial charge is 0.409 e. The zero-order chi connectivity index (χ0) is 21.0. The van der Waals surface area contributed by atoms with Gasteiger partial charge in [0.15, 0.2) is 5.78 Å². The van der Waals surface area contributed by atoms with Gasteiger partial charge in [-0.05, 0) is 37.0 Å². The Balaban J connectivity index is 1.56. The predicted octanol–water partition coefficient (Wildman–Crippen LogP) is 5.80. The number of carbonyl (C=O) groups is 2. The molecule has 1 unspecified atom stereocenters. The van der Waals surface area contributed by atoms with E-state index >= 15 is 0 Å². The molecule has 6 heteroatoms.